The van der Waals surface area contributed by atoms with Gasteiger partial charge in [0.05, 0.1) is 18.5 Å². The summed E-state index contributed by atoms with van der Waals surface area (Å²) in [6.45, 7) is -0.765. The highest BCUT2D eigenvalue weighted by molar-refractivity contribution is 7.88. The molecule has 0 fully saturated rings. The zero-order valence-electron chi connectivity index (χ0n) is 9.01. The van der Waals surface area contributed by atoms with Crippen molar-refractivity contribution in [2.45, 2.75) is 11.9 Å². The summed E-state index contributed by atoms with van der Waals surface area (Å²) >= 11 is 0. The van der Waals surface area contributed by atoms with Crippen LogP contribution in [-0.4, -0.2) is 37.9 Å². The third-order valence-electron chi connectivity index (χ3n) is 2.02. The SMILES string of the molecule is O=S(=O)(Cc1ccc(F)cc1)NCC(O)CO. The molecule has 3 N–H and O–H groups in total. The second kappa shape index (κ2) is 6.06. The second-order valence-electron chi connectivity index (χ2n) is 3.57. The van der Waals surface area contributed by atoms with E-state index in [4.69, 9.17) is 10.2 Å². The number of aliphatic hydroxyl groups is 2. The van der Waals surface area contributed by atoms with Crippen LogP contribution in [0.5, 0.6) is 0 Å². The summed E-state index contributed by atoms with van der Waals surface area (Å²) in [6, 6.07) is 5.09. The molecule has 0 aromatic heterocycles. The van der Waals surface area contributed by atoms with Crippen LogP contribution >= 0.6 is 0 Å². The van der Waals surface area contributed by atoms with Crippen LogP contribution in [0.4, 0.5) is 4.39 Å². The standard InChI is InChI=1S/C10H14FNO4S/c11-9-3-1-8(2-4-9)7-17(15,16)12-5-10(14)6-13/h1-4,10,12-14H,5-7H2. The molecule has 0 aliphatic carbocycles. The largest absolute Gasteiger partial charge is 0.394 e. The fraction of sp³-hybridized carbons (Fsp3) is 0.400. The molecular weight excluding hydrogens is 249 g/mol. The van der Waals surface area contributed by atoms with Gasteiger partial charge < -0.3 is 10.2 Å². The predicted octanol–water partition coefficient (Wildman–Crippen LogP) is -0.402. The van der Waals surface area contributed by atoms with Gasteiger partial charge in [0.2, 0.25) is 10.0 Å². The van der Waals surface area contributed by atoms with Crippen LogP contribution in [0, 0.1) is 5.82 Å². The Bertz CT molecular complexity index is 446. The zero-order valence-corrected chi connectivity index (χ0v) is 9.82. The molecule has 1 rings (SSSR count). The average Bonchev–Trinajstić information content (AvgIpc) is 2.29. The molecule has 1 atom stereocenters. The maximum Gasteiger partial charge on any atom is 0.215 e. The van der Waals surface area contributed by atoms with Gasteiger partial charge in [0.1, 0.15) is 5.82 Å². The summed E-state index contributed by atoms with van der Waals surface area (Å²) in [4.78, 5) is 0. The van der Waals surface area contributed by atoms with E-state index in [0.29, 0.717) is 5.56 Å². The van der Waals surface area contributed by atoms with Crippen LogP contribution in [0.3, 0.4) is 0 Å². The third kappa shape index (κ3) is 5.22. The van der Waals surface area contributed by atoms with Crippen molar-refractivity contribution < 1.29 is 23.0 Å². The van der Waals surface area contributed by atoms with E-state index in [9.17, 15) is 12.8 Å². The quantitative estimate of drug-likeness (QED) is 0.651. The summed E-state index contributed by atoms with van der Waals surface area (Å²) in [5.74, 6) is -0.736. The molecule has 0 aliphatic rings. The van der Waals surface area contributed by atoms with E-state index >= 15 is 0 Å². The first kappa shape index (κ1) is 14.0. The summed E-state index contributed by atoms with van der Waals surface area (Å²) in [7, 11) is -3.60. The first-order chi connectivity index (χ1) is 7.93. The molecule has 7 heteroatoms. The highest BCUT2D eigenvalue weighted by Crippen LogP contribution is 2.06. The van der Waals surface area contributed by atoms with Crippen molar-refractivity contribution in [3.8, 4) is 0 Å². The van der Waals surface area contributed by atoms with Crippen LogP contribution in [-0.2, 0) is 15.8 Å². The van der Waals surface area contributed by atoms with E-state index in [2.05, 4.69) is 4.72 Å². The Morgan fingerprint density at radius 2 is 1.88 bits per heavy atom. The van der Waals surface area contributed by atoms with E-state index in [1.165, 1.54) is 24.3 Å². The van der Waals surface area contributed by atoms with Crippen molar-refractivity contribution in [1.29, 1.82) is 0 Å². The molecule has 1 aromatic carbocycles. The van der Waals surface area contributed by atoms with Crippen molar-refractivity contribution >= 4 is 10.0 Å². The molecule has 1 unspecified atom stereocenters. The normalized spacial score (nSPS) is 13.6. The lowest BCUT2D eigenvalue weighted by atomic mass is 10.2. The van der Waals surface area contributed by atoms with Crippen molar-refractivity contribution in [3.05, 3.63) is 35.6 Å². The van der Waals surface area contributed by atoms with E-state index in [1.54, 1.807) is 0 Å². The number of benzene rings is 1. The van der Waals surface area contributed by atoms with Crippen LogP contribution in [0.25, 0.3) is 0 Å². The highest BCUT2D eigenvalue weighted by atomic mass is 32.2. The van der Waals surface area contributed by atoms with Crippen LogP contribution in [0.1, 0.15) is 5.56 Å². The lowest BCUT2D eigenvalue weighted by Crippen LogP contribution is -2.34. The van der Waals surface area contributed by atoms with Gasteiger partial charge in [0, 0.05) is 6.54 Å². The van der Waals surface area contributed by atoms with Crippen molar-refractivity contribution in [1.82, 2.24) is 4.72 Å². The fourth-order valence-electron chi connectivity index (χ4n) is 1.14. The molecule has 0 amide bonds. The molecule has 1 aromatic rings. The van der Waals surface area contributed by atoms with E-state index in [-0.39, 0.29) is 12.3 Å². The molecule has 5 nitrogen and oxygen atoms in total. The van der Waals surface area contributed by atoms with E-state index < -0.39 is 28.6 Å². The monoisotopic (exact) mass is 263 g/mol. The molecule has 0 spiro atoms. The van der Waals surface area contributed by atoms with E-state index in [0.717, 1.165) is 0 Å². The molecule has 0 radical (unpaired) electrons. The highest BCUT2D eigenvalue weighted by Gasteiger charge is 2.13. The van der Waals surface area contributed by atoms with Gasteiger partial charge >= 0.3 is 0 Å². The lowest BCUT2D eigenvalue weighted by Gasteiger charge is -2.09. The molecule has 0 bridgehead atoms. The first-order valence-corrected chi connectivity index (χ1v) is 6.59. The smallest absolute Gasteiger partial charge is 0.215 e. The first-order valence-electron chi connectivity index (χ1n) is 4.93. The molecule has 96 valence electrons. The van der Waals surface area contributed by atoms with Crippen molar-refractivity contribution in [2.75, 3.05) is 13.2 Å². The van der Waals surface area contributed by atoms with Gasteiger partial charge in [-0.2, -0.15) is 0 Å². The summed E-state index contributed by atoms with van der Waals surface area (Å²) in [5, 5.41) is 17.5. The van der Waals surface area contributed by atoms with Gasteiger partial charge in [0.15, 0.2) is 0 Å². The van der Waals surface area contributed by atoms with Gasteiger partial charge in [-0.1, -0.05) is 12.1 Å². The Kier molecular flexibility index (Phi) is 5.01. The minimum atomic E-state index is -3.60. The number of aliphatic hydroxyl groups excluding tert-OH is 2. The van der Waals surface area contributed by atoms with Gasteiger partial charge in [0.25, 0.3) is 0 Å². The van der Waals surface area contributed by atoms with Crippen LogP contribution < -0.4 is 4.72 Å². The zero-order chi connectivity index (χ0) is 12.9. The Labute approximate surface area is 99.0 Å². The molecule has 0 saturated carbocycles. The Balaban J connectivity index is 2.57. The molecule has 0 aliphatic heterocycles. The topological polar surface area (TPSA) is 86.6 Å². The number of hydrogen-bond donors (Lipinski definition) is 3. The molecule has 17 heavy (non-hydrogen) atoms. The summed E-state index contributed by atoms with van der Waals surface area (Å²) in [6.07, 6.45) is -1.13. The molecular formula is C10H14FNO4S. The minimum Gasteiger partial charge on any atom is -0.394 e. The summed E-state index contributed by atoms with van der Waals surface area (Å²) in [5.41, 5.74) is 0.442. The summed E-state index contributed by atoms with van der Waals surface area (Å²) < 4.78 is 37.7. The van der Waals surface area contributed by atoms with Crippen LogP contribution in [0.2, 0.25) is 0 Å². The average molecular weight is 263 g/mol. The van der Waals surface area contributed by atoms with Crippen LogP contribution in [0.15, 0.2) is 24.3 Å². The van der Waals surface area contributed by atoms with Gasteiger partial charge in [-0.05, 0) is 17.7 Å². The number of sulfonamides is 1. The molecule has 0 saturated heterocycles. The second-order valence-corrected chi connectivity index (χ2v) is 5.38. The number of hydrogen-bond acceptors (Lipinski definition) is 4. The Morgan fingerprint density at radius 1 is 1.29 bits per heavy atom. The number of nitrogens with one attached hydrogen (secondary N) is 1. The van der Waals surface area contributed by atoms with Crippen molar-refractivity contribution in [3.63, 3.8) is 0 Å². The van der Waals surface area contributed by atoms with Gasteiger partial charge in [-0.15, -0.1) is 0 Å². The van der Waals surface area contributed by atoms with Gasteiger partial charge in [-0.3, -0.25) is 0 Å². The van der Waals surface area contributed by atoms with E-state index in [1.807, 2.05) is 0 Å². The maximum absolute atomic E-state index is 12.6. The Morgan fingerprint density at radius 3 is 2.41 bits per heavy atom. The third-order valence-corrected chi connectivity index (χ3v) is 3.34. The predicted molar refractivity (Wildman–Crippen MR) is 60.1 cm³/mol. The Hall–Kier alpha value is -1.02. The minimum absolute atomic E-state index is 0.250. The number of rotatable bonds is 6. The number of halogens is 1. The maximum atomic E-state index is 12.6. The lowest BCUT2D eigenvalue weighted by molar-refractivity contribution is 0.0988. The fourth-order valence-corrected chi connectivity index (χ4v) is 2.32. The van der Waals surface area contributed by atoms with Crippen molar-refractivity contribution in [2.24, 2.45) is 0 Å². The van der Waals surface area contributed by atoms with Gasteiger partial charge in [-0.25, -0.2) is 17.5 Å². The molecule has 0 heterocycles.